The number of hydrogen-bond acceptors (Lipinski definition) is 12. The van der Waals surface area contributed by atoms with Crippen molar-refractivity contribution >= 4 is 35.5 Å². The van der Waals surface area contributed by atoms with E-state index in [-0.39, 0.29) is 12.2 Å². The second kappa shape index (κ2) is 27.1. The minimum absolute atomic E-state index is 0.156. The number of methoxy groups -OCH3 is 2. The molecule has 4 aromatic rings. The lowest BCUT2D eigenvalue weighted by atomic mass is 10.3. The Bertz CT molecular complexity index is 1840. The molecule has 0 aliphatic carbocycles. The molecule has 16 heteroatoms. The minimum Gasteiger partial charge on any atom is -0.493 e. The maximum Gasteiger partial charge on any atom is 0.411 e. The monoisotopic (exact) mass is 856 g/mol. The van der Waals surface area contributed by atoms with Crippen LogP contribution in [-0.2, 0) is 19.1 Å². The SMILES string of the molecule is COc1ccccc1OC1CCN(CCCOC(=O)Nc2ccccc2)C1.COc1ccccc1OC1CCN(CCCOC(=O)Nc2ccccc2)C1.O=C(O)C=CC(=O)O. The molecule has 62 heavy (non-hydrogen) atoms. The van der Waals surface area contributed by atoms with Crippen molar-refractivity contribution in [2.75, 3.05) is 77.3 Å². The van der Waals surface area contributed by atoms with Gasteiger partial charge >= 0.3 is 24.1 Å². The first kappa shape index (κ1) is 47.9. The molecule has 0 aromatic heterocycles. The minimum atomic E-state index is -1.26. The summed E-state index contributed by atoms with van der Waals surface area (Å²) in [4.78, 5) is 47.3. The van der Waals surface area contributed by atoms with Crippen LogP contribution in [0.25, 0.3) is 0 Å². The average Bonchev–Trinajstić information content (AvgIpc) is 3.93. The van der Waals surface area contributed by atoms with E-state index in [2.05, 4.69) is 20.4 Å². The van der Waals surface area contributed by atoms with Gasteiger partial charge in [0, 0.05) is 62.8 Å². The summed E-state index contributed by atoms with van der Waals surface area (Å²) in [7, 11) is 3.30. The number of carbonyl (C=O) groups is 4. The summed E-state index contributed by atoms with van der Waals surface area (Å²) in [6.45, 7) is 6.25. The van der Waals surface area contributed by atoms with E-state index >= 15 is 0 Å². The number of amides is 2. The van der Waals surface area contributed by atoms with Gasteiger partial charge in [-0.1, -0.05) is 60.7 Å². The number of para-hydroxylation sites is 6. The van der Waals surface area contributed by atoms with Crippen molar-refractivity contribution in [2.45, 2.75) is 37.9 Å². The van der Waals surface area contributed by atoms with Crippen LogP contribution in [-0.4, -0.2) is 123 Å². The Morgan fingerprint density at radius 1 is 0.565 bits per heavy atom. The zero-order valence-corrected chi connectivity index (χ0v) is 35.1. The number of carboxylic acid groups (broad SMARTS) is 2. The number of carboxylic acids is 2. The van der Waals surface area contributed by atoms with Gasteiger partial charge in [-0.05, 0) is 74.2 Å². The second-order valence-electron chi connectivity index (χ2n) is 13.9. The lowest BCUT2D eigenvalue weighted by Crippen LogP contribution is -2.27. The van der Waals surface area contributed by atoms with Crippen LogP contribution >= 0.6 is 0 Å². The van der Waals surface area contributed by atoms with Crippen LogP contribution in [0.3, 0.4) is 0 Å². The summed E-state index contributed by atoms with van der Waals surface area (Å²) in [5.74, 6) is 0.572. The largest absolute Gasteiger partial charge is 0.493 e. The third-order valence-corrected chi connectivity index (χ3v) is 9.30. The molecule has 2 aliphatic heterocycles. The van der Waals surface area contributed by atoms with Crippen LogP contribution in [0.15, 0.2) is 121 Å². The molecule has 16 nitrogen and oxygen atoms in total. The number of rotatable bonds is 18. The van der Waals surface area contributed by atoms with Crippen molar-refractivity contribution in [1.82, 2.24) is 9.80 Å². The van der Waals surface area contributed by atoms with Gasteiger partial charge in [-0.3, -0.25) is 20.4 Å². The number of nitrogens with zero attached hydrogens (tertiary/aromatic N) is 2. The molecule has 332 valence electrons. The number of hydrogen-bond donors (Lipinski definition) is 4. The predicted octanol–water partition coefficient (Wildman–Crippen LogP) is 7.29. The molecule has 0 spiro atoms. The van der Waals surface area contributed by atoms with Gasteiger partial charge in [-0.15, -0.1) is 0 Å². The lowest BCUT2D eigenvalue weighted by molar-refractivity contribution is -0.134. The van der Waals surface area contributed by atoms with E-state index in [4.69, 9.17) is 38.6 Å². The number of nitrogens with one attached hydrogen (secondary N) is 2. The molecular formula is C46H56N4O12. The second-order valence-corrected chi connectivity index (χ2v) is 13.9. The van der Waals surface area contributed by atoms with Gasteiger partial charge in [0.1, 0.15) is 12.2 Å². The molecule has 4 aromatic carbocycles. The van der Waals surface area contributed by atoms with Gasteiger partial charge in [0.05, 0.1) is 27.4 Å². The van der Waals surface area contributed by atoms with E-state index in [0.29, 0.717) is 25.4 Å². The molecule has 4 N–H and O–H groups in total. The summed E-state index contributed by atoms with van der Waals surface area (Å²) in [6, 6.07) is 34.0. The lowest BCUT2D eigenvalue weighted by Gasteiger charge is -2.18. The summed E-state index contributed by atoms with van der Waals surface area (Å²) in [6.07, 6.45) is 4.14. The molecule has 0 bridgehead atoms. The van der Waals surface area contributed by atoms with Gasteiger partial charge in [0.15, 0.2) is 23.0 Å². The van der Waals surface area contributed by atoms with Crippen LogP contribution in [0, 0.1) is 0 Å². The first-order chi connectivity index (χ1) is 30.1. The van der Waals surface area contributed by atoms with Crippen LogP contribution in [0.1, 0.15) is 25.7 Å². The van der Waals surface area contributed by atoms with Gasteiger partial charge in [0.25, 0.3) is 0 Å². The Labute approximate surface area is 361 Å². The Kier molecular flexibility index (Phi) is 21.0. The molecule has 0 radical (unpaired) electrons. The first-order valence-corrected chi connectivity index (χ1v) is 20.3. The van der Waals surface area contributed by atoms with Crippen LogP contribution < -0.4 is 29.6 Å². The zero-order chi connectivity index (χ0) is 44.4. The van der Waals surface area contributed by atoms with E-state index in [1.54, 1.807) is 14.2 Å². The molecule has 2 fully saturated rings. The molecule has 2 heterocycles. The number of carbonyl (C=O) groups excluding carboxylic acids is 2. The highest BCUT2D eigenvalue weighted by Gasteiger charge is 2.25. The fraction of sp³-hybridized carbons (Fsp3) is 0.348. The highest BCUT2D eigenvalue weighted by atomic mass is 16.6. The highest BCUT2D eigenvalue weighted by Crippen LogP contribution is 2.30. The van der Waals surface area contributed by atoms with Gasteiger partial charge < -0.3 is 38.6 Å². The summed E-state index contributed by atoms with van der Waals surface area (Å²) >= 11 is 0. The molecule has 6 rings (SSSR count). The predicted molar refractivity (Wildman–Crippen MR) is 233 cm³/mol. The number of likely N-dealkylation sites (tertiary alicyclic amines) is 2. The molecule has 2 unspecified atom stereocenters. The fourth-order valence-corrected chi connectivity index (χ4v) is 6.38. The quantitative estimate of drug-likeness (QED) is 0.0576. The van der Waals surface area contributed by atoms with Crippen LogP contribution in [0.5, 0.6) is 23.0 Å². The van der Waals surface area contributed by atoms with E-state index in [1.165, 1.54) is 0 Å². The van der Waals surface area contributed by atoms with Crippen molar-refractivity contribution in [3.05, 3.63) is 121 Å². The molecule has 2 aliphatic rings. The molecular weight excluding hydrogens is 801 g/mol. The molecule has 2 saturated heterocycles. The molecule has 0 saturated carbocycles. The Balaban J connectivity index is 0.000000232. The number of anilines is 2. The highest BCUT2D eigenvalue weighted by molar-refractivity contribution is 5.89. The van der Waals surface area contributed by atoms with Crippen molar-refractivity contribution in [3.63, 3.8) is 0 Å². The summed E-state index contributed by atoms with van der Waals surface area (Å²) < 4.78 is 33.3. The van der Waals surface area contributed by atoms with E-state index < -0.39 is 24.1 Å². The fourth-order valence-electron chi connectivity index (χ4n) is 6.38. The van der Waals surface area contributed by atoms with Crippen molar-refractivity contribution in [2.24, 2.45) is 0 Å². The van der Waals surface area contributed by atoms with E-state index in [0.717, 1.165) is 99.3 Å². The Morgan fingerprint density at radius 3 is 1.27 bits per heavy atom. The van der Waals surface area contributed by atoms with Gasteiger partial charge in [0.2, 0.25) is 0 Å². The average molecular weight is 857 g/mol. The summed E-state index contributed by atoms with van der Waals surface area (Å²) in [5.41, 5.74) is 1.47. The number of aliphatic carboxylic acids is 2. The maximum atomic E-state index is 11.7. The molecule has 2 amide bonds. The molecule has 2 atom stereocenters. The van der Waals surface area contributed by atoms with Crippen molar-refractivity contribution < 1.29 is 57.8 Å². The van der Waals surface area contributed by atoms with Crippen LogP contribution in [0.2, 0.25) is 0 Å². The number of benzene rings is 4. The Hall–Kier alpha value is -6.78. The smallest absolute Gasteiger partial charge is 0.411 e. The Morgan fingerprint density at radius 2 is 0.919 bits per heavy atom. The van der Waals surface area contributed by atoms with Crippen LogP contribution in [0.4, 0.5) is 21.0 Å². The third-order valence-electron chi connectivity index (χ3n) is 9.30. The van der Waals surface area contributed by atoms with E-state index in [1.807, 2.05) is 109 Å². The number of ether oxygens (including phenoxy) is 6. The third kappa shape index (κ3) is 18.6. The van der Waals surface area contributed by atoms with Gasteiger partial charge in [-0.2, -0.15) is 0 Å². The topological polar surface area (TPSA) is 195 Å². The van der Waals surface area contributed by atoms with Crippen molar-refractivity contribution in [1.29, 1.82) is 0 Å². The maximum absolute atomic E-state index is 11.7. The summed E-state index contributed by atoms with van der Waals surface area (Å²) in [5, 5.41) is 21.0. The zero-order valence-electron chi connectivity index (χ0n) is 35.1. The standard InChI is InChI=1S/2C21H26N2O4.C4H4O4/c2*1-25-19-10-5-6-11-20(19)27-18-12-14-23(16-18)13-7-15-26-21(24)22-17-8-3-2-4-9-17;5-3(6)1-2-4(7)8/h2*2-6,8-11,18H,7,12-16H2,1H3,(H,22,24);1-2H,(H,5,6)(H,7,8). The van der Waals surface area contributed by atoms with Crippen molar-refractivity contribution in [3.8, 4) is 23.0 Å². The first-order valence-electron chi connectivity index (χ1n) is 20.3. The normalized spacial score (nSPS) is 15.8. The van der Waals surface area contributed by atoms with E-state index in [9.17, 15) is 19.2 Å². The van der Waals surface area contributed by atoms with Gasteiger partial charge in [-0.25, -0.2) is 19.2 Å².